The fourth-order valence-electron chi connectivity index (χ4n) is 2.56. The van der Waals surface area contributed by atoms with Gasteiger partial charge in [-0.15, -0.1) is 0 Å². The lowest BCUT2D eigenvalue weighted by Crippen LogP contribution is -2.44. The van der Waals surface area contributed by atoms with Crippen molar-refractivity contribution in [3.8, 4) is 5.88 Å². The first kappa shape index (κ1) is 24.2. The molecule has 0 aliphatic heterocycles. The first-order chi connectivity index (χ1) is 13.3. The van der Waals surface area contributed by atoms with E-state index in [1.165, 1.54) is 11.8 Å². The number of thioether (sulfide) groups is 1. The van der Waals surface area contributed by atoms with Crippen molar-refractivity contribution >= 4 is 48.4 Å². The fraction of sp³-hybridized carbons (Fsp3) is 0.650. The molecule has 0 saturated carbocycles. The van der Waals surface area contributed by atoms with Crippen LogP contribution in [0.4, 0.5) is 5.82 Å². The Morgan fingerprint density at radius 3 is 2.38 bits per heavy atom. The maximum absolute atomic E-state index is 6.47. The van der Waals surface area contributed by atoms with Gasteiger partial charge in [-0.2, -0.15) is 0 Å². The largest absolute Gasteiger partial charge is 0.474 e. The second-order valence-electron chi connectivity index (χ2n) is 8.94. The topological polar surface area (TPSA) is 69.2 Å². The summed E-state index contributed by atoms with van der Waals surface area (Å²) < 4.78 is 12.4. The third kappa shape index (κ3) is 6.20. The van der Waals surface area contributed by atoms with E-state index in [1.807, 2.05) is 20.1 Å². The molecular formula is C20H33ClN4O2SSi. The molecule has 0 spiro atoms. The number of anilines is 1. The Morgan fingerprint density at radius 2 is 1.83 bits per heavy atom. The SMILES string of the molecule is CSc1nc(NC[C@H](C)O[Si](C)(C)C(C)(C)C)c2c(OC(C)C)nc(Cl)cc2n1. The number of halogens is 1. The van der Waals surface area contributed by atoms with Crippen LogP contribution in [-0.4, -0.2) is 48.3 Å². The van der Waals surface area contributed by atoms with Crippen molar-refractivity contribution < 1.29 is 9.16 Å². The monoisotopic (exact) mass is 456 g/mol. The maximum atomic E-state index is 6.47. The first-order valence-electron chi connectivity index (χ1n) is 9.84. The van der Waals surface area contributed by atoms with Crippen molar-refractivity contribution in [2.45, 2.75) is 77.0 Å². The third-order valence-electron chi connectivity index (χ3n) is 4.98. The number of aromatic nitrogens is 3. The summed E-state index contributed by atoms with van der Waals surface area (Å²) in [7, 11) is -1.85. The number of pyridine rings is 1. The van der Waals surface area contributed by atoms with Crippen LogP contribution in [-0.2, 0) is 4.43 Å². The summed E-state index contributed by atoms with van der Waals surface area (Å²) in [5, 5.41) is 5.35. The van der Waals surface area contributed by atoms with Gasteiger partial charge < -0.3 is 14.5 Å². The van der Waals surface area contributed by atoms with E-state index in [9.17, 15) is 0 Å². The van der Waals surface area contributed by atoms with Gasteiger partial charge in [0.05, 0.1) is 17.7 Å². The number of fused-ring (bicyclic) bond motifs is 1. The molecule has 2 aromatic heterocycles. The zero-order chi connectivity index (χ0) is 22.0. The van der Waals surface area contributed by atoms with E-state index in [-0.39, 0.29) is 17.2 Å². The molecule has 0 aliphatic carbocycles. The highest BCUT2D eigenvalue weighted by atomic mass is 35.5. The van der Waals surface area contributed by atoms with Crippen LogP contribution in [0.5, 0.6) is 5.88 Å². The Labute approximate surface area is 184 Å². The number of ether oxygens (including phenoxy) is 1. The lowest BCUT2D eigenvalue weighted by molar-refractivity contribution is 0.211. The lowest BCUT2D eigenvalue weighted by atomic mass is 10.2. The summed E-state index contributed by atoms with van der Waals surface area (Å²) in [6.07, 6.45) is 1.94. The van der Waals surface area contributed by atoms with Gasteiger partial charge in [0, 0.05) is 12.6 Å². The standard InChI is InChI=1S/C20H33ClN4O2SSi/c1-12(2)26-18-16-14(10-15(21)24-18)23-19(28-7)25-17(16)22-11-13(3)27-29(8,9)20(4,5)6/h10,12-13H,11H2,1-9H3,(H,22,23,25)/t13-/m0/s1. The van der Waals surface area contributed by atoms with Gasteiger partial charge in [-0.3, -0.25) is 0 Å². The lowest BCUT2D eigenvalue weighted by Gasteiger charge is -2.38. The Balaban J connectivity index is 2.36. The van der Waals surface area contributed by atoms with Gasteiger partial charge >= 0.3 is 0 Å². The molecular weight excluding hydrogens is 424 g/mol. The molecule has 2 rings (SSSR count). The molecule has 0 bridgehead atoms. The van der Waals surface area contributed by atoms with Gasteiger partial charge in [-0.05, 0) is 45.2 Å². The predicted molar refractivity (Wildman–Crippen MR) is 126 cm³/mol. The highest BCUT2D eigenvalue weighted by Gasteiger charge is 2.38. The Kier molecular flexibility index (Phi) is 7.81. The maximum Gasteiger partial charge on any atom is 0.228 e. The average molecular weight is 457 g/mol. The number of nitrogens with one attached hydrogen (secondary N) is 1. The van der Waals surface area contributed by atoms with Crippen molar-refractivity contribution in [3.63, 3.8) is 0 Å². The van der Waals surface area contributed by atoms with E-state index in [1.54, 1.807) is 6.07 Å². The van der Waals surface area contributed by atoms with Gasteiger partial charge in [-0.1, -0.05) is 44.1 Å². The van der Waals surface area contributed by atoms with E-state index in [0.717, 1.165) is 5.39 Å². The minimum Gasteiger partial charge on any atom is -0.474 e. The van der Waals surface area contributed by atoms with Crippen molar-refractivity contribution in [1.29, 1.82) is 0 Å². The van der Waals surface area contributed by atoms with Crippen molar-refractivity contribution in [1.82, 2.24) is 15.0 Å². The van der Waals surface area contributed by atoms with Crippen molar-refractivity contribution in [2.24, 2.45) is 0 Å². The third-order valence-corrected chi connectivity index (χ3v) is 10.3. The summed E-state index contributed by atoms with van der Waals surface area (Å²) in [4.78, 5) is 13.6. The normalized spacial score (nSPS) is 13.8. The second kappa shape index (κ2) is 9.37. The van der Waals surface area contributed by atoms with Crippen molar-refractivity contribution in [3.05, 3.63) is 11.2 Å². The highest BCUT2D eigenvalue weighted by Crippen LogP contribution is 2.37. The molecule has 1 N–H and O–H groups in total. The van der Waals surface area contributed by atoms with Gasteiger partial charge in [0.1, 0.15) is 16.4 Å². The minimum atomic E-state index is -1.85. The van der Waals surface area contributed by atoms with E-state index in [4.69, 9.17) is 20.8 Å². The number of hydrogen-bond donors (Lipinski definition) is 1. The molecule has 6 nitrogen and oxygen atoms in total. The zero-order valence-corrected chi connectivity index (χ0v) is 21.5. The van der Waals surface area contributed by atoms with Crippen LogP contribution in [0.15, 0.2) is 11.2 Å². The van der Waals surface area contributed by atoms with E-state index >= 15 is 0 Å². The molecule has 0 amide bonds. The van der Waals surface area contributed by atoms with Crippen LogP contribution in [0.2, 0.25) is 23.3 Å². The van der Waals surface area contributed by atoms with E-state index in [0.29, 0.717) is 34.1 Å². The molecule has 29 heavy (non-hydrogen) atoms. The van der Waals surface area contributed by atoms with Crippen LogP contribution in [0.3, 0.4) is 0 Å². The number of rotatable bonds is 8. The Hall–Kier alpha value is -1.09. The van der Waals surface area contributed by atoms with E-state index in [2.05, 4.69) is 61.1 Å². The molecule has 0 unspecified atom stereocenters. The van der Waals surface area contributed by atoms with Crippen LogP contribution < -0.4 is 10.1 Å². The summed E-state index contributed by atoms with van der Waals surface area (Å²) in [5.41, 5.74) is 0.709. The smallest absolute Gasteiger partial charge is 0.228 e. The average Bonchev–Trinajstić information content (AvgIpc) is 2.56. The number of hydrogen-bond acceptors (Lipinski definition) is 7. The fourth-order valence-corrected chi connectivity index (χ4v) is 4.55. The van der Waals surface area contributed by atoms with Crippen molar-refractivity contribution in [2.75, 3.05) is 18.1 Å². The summed E-state index contributed by atoms with van der Waals surface area (Å²) in [6.45, 7) is 17.9. The predicted octanol–water partition coefficient (Wildman–Crippen LogP) is 6.01. The summed E-state index contributed by atoms with van der Waals surface area (Å²) >= 11 is 7.68. The molecule has 0 radical (unpaired) electrons. The Bertz CT molecular complexity index is 858. The molecule has 2 aromatic rings. The molecule has 0 saturated heterocycles. The summed E-state index contributed by atoms with van der Waals surface area (Å²) in [6, 6.07) is 1.74. The van der Waals surface area contributed by atoms with Gasteiger partial charge in [0.15, 0.2) is 13.5 Å². The molecule has 9 heteroatoms. The Morgan fingerprint density at radius 1 is 1.17 bits per heavy atom. The zero-order valence-electron chi connectivity index (χ0n) is 18.9. The van der Waals surface area contributed by atoms with E-state index < -0.39 is 8.32 Å². The van der Waals surface area contributed by atoms with Gasteiger partial charge in [0.25, 0.3) is 0 Å². The van der Waals surface area contributed by atoms with Crippen LogP contribution in [0, 0.1) is 0 Å². The second-order valence-corrected chi connectivity index (χ2v) is 14.9. The van der Waals surface area contributed by atoms with Gasteiger partial charge in [0.2, 0.25) is 5.88 Å². The minimum absolute atomic E-state index is 0.0355. The number of nitrogens with zero attached hydrogens (tertiary/aromatic N) is 3. The molecule has 2 heterocycles. The van der Waals surface area contributed by atoms with Gasteiger partial charge in [-0.25, -0.2) is 15.0 Å². The molecule has 0 aromatic carbocycles. The van der Waals surface area contributed by atoms with Crippen LogP contribution in [0.25, 0.3) is 10.9 Å². The molecule has 1 atom stereocenters. The quantitative estimate of drug-likeness (QED) is 0.225. The molecule has 0 fully saturated rings. The van der Waals surface area contributed by atoms with Crippen LogP contribution in [0.1, 0.15) is 41.5 Å². The van der Waals surface area contributed by atoms with Crippen LogP contribution >= 0.6 is 23.4 Å². The molecule has 0 aliphatic rings. The summed E-state index contributed by atoms with van der Waals surface area (Å²) in [5.74, 6) is 1.13. The molecule has 162 valence electrons. The first-order valence-corrected chi connectivity index (χ1v) is 14.4. The highest BCUT2D eigenvalue weighted by molar-refractivity contribution is 7.98.